The van der Waals surface area contributed by atoms with E-state index in [1.807, 2.05) is 6.92 Å². The molecule has 0 saturated carbocycles. The van der Waals surface area contributed by atoms with Gasteiger partial charge < -0.3 is 9.84 Å². The van der Waals surface area contributed by atoms with E-state index < -0.39 is 11.9 Å². The van der Waals surface area contributed by atoms with Crippen LogP contribution in [0.15, 0.2) is 42.6 Å². The smallest absolute Gasteiger partial charge is 0.360 e. The summed E-state index contributed by atoms with van der Waals surface area (Å²) in [6, 6.07) is 10.4. The summed E-state index contributed by atoms with van der Waals surface area (Å²) in [5.41, 5.74) is 2.45. The Hall–Kier alpha value is -3.18. The summed E-state index contributed by atoms with van der Waals surface area (Å²) in [5, 5.41) is 26.3. The van der Waals surface area contributed by atoms with Gasteiger partial charge in [0.1, 0.15) is 0 Å². The van der Waals surface area contributed by atoms with Crippen molar-refractivity contribution in [2.24, 2.45) is 0 Å². The Morgan fingerprint density at radius 3 is 1.89 bits per heavy atom. The minimum atomic E-state index is -1.08. The molecule has 4 aromatic rings. The molecule has 0 aliphatic heterocycles. The van der Waals surface area contributed by atoms with Crippen molar-refractivity contribution in [1.82, 2.24) is 30.0 Å². The normalized spacial score (nSPS) is 10.6. The number of carboxylic acids is 1. The van der Waals surface area contributed by atoms with Crippen molar-refractivity contribution < 1.29 is 19.4 Å². The second-order valence-electron chi connectivity index (χ2n) is 7.78. The number of carbonyl (C=O) groups excluding carboxylic acids is 1. The lowest BCUT2D eigenvalue weighted by molar-refractivity contribution is 0.0518. The van der Waals surface area contributed by atoms with Gasteiger partial charge in [0, 0.05) is 20.1 Å². The van der Waals surface area contributed by atoms with Gasteiger partial charge in [-0.05, 0) is 60.9 Å². The van der Waals surface area contributed by atoms with Crippen molar-refractivity contribution in [1.29, 1.82) is 0 Å². The molecule has 0 bridgehead atoms. The van der Waals surface area contributed by atoms with E-state index in [4.69, 9.17) is 56.2 Å². The van der Waals surface area contributed by atoms with Gasteiger partial charge in [0.05, 0.1) is 31.6 Å². The number of carbonyl (C=O) groups is 2. The molecule has 0 radical (unpaired) electrons. The molecule has 4 rings (SSSR count). The topological polar surface area (TPSA) is 125 Å². The Labute approximate surface area is 238 Å². The average molecular weight is 600 g/mol. The van der Waals surface area contributed by atoms with Crippen LogP contribution in [0.3, 0.4) is 0 Å². The van der Waals surface area contributed by atoms with Crippen LogP contribution in [0.2, 0.25) is 20.1 Å². The molecule has 2 heterocycles. The summed E-state index contributed by atoms with van der Waals surface area (Å²) in [7, 11) is 0. The third-order valence-electron chi connectivity index (χ3n) is 4.92. The zero-order valence-electron chi connectivity index (χ0n) is 20.2. The summed E-state index contributed by atoms with van der Waals surface area (Å²) < 4.78 is 7.90. The second-order valence-corrected chi connectivity index (χ2v) is 9.52. The van der Waals surface area contributed by atoms with Gasteiger partial charge in [-0.1, -0.05) is 63.8 Å². The van der Waals surface area contributed by atoms with Crippen molar-refractivity contribution in [2.45, 2.75) is 33.4 Å². The van der Waals surface area contributed by atoms with Crippen LogP contribution in [-0.2, 0) is 24.2 Å². The molecule has 0 fully saturated rings. The molecular formula is C24H22Cl4N6O4. The van der Waals surface area contributed by atoms with Gasteiger partial charge in [-0.2, -0.15) is 0 Å². The quantitative estimate of drug-likeness (QED) is 0.256. The molecule has 0 spiro atoms. The number of nitrogens with zero attached hydrogens (tertiary/aromatic N) is 6. The van der Waals surface area contributed by atoms with Gasteiger partial charge in [-0.3, -0.25) is 0 Å². The lowest BCUT2D eigenvalue weighted by Gasteiger charge is -2.06. The summed E-state index contributed by atoms with van der Waals surface area (Å²) in [5.74, 6) is -1.56. The van der Waals surface area contributed by atoms with Crippen LogP contribution in [0.1, 0.15) is 51.6 Å². The fraction of sp³-hybridized carbons (Fsp3) is 0.250. The van der Waals surface area contributed by atoms with Crippen molar-refractivity contribution in [2.75, 3.05) is 6.61 Å². The van der Waals surface area contributed by atoms with Crippen LogP contribution in [0.4, 0.5) is 0 Å². The largest absolute Gasteiger partial charge is 0.476 e. The second kappa shape index (κ2) is 13.6. The molecule has 2 aromatic carbocycles. The number of halogens is 4. The first-order valence-corrected chi connectivity index (χ1v) is 12.7. The molecule has 200 valence electrons. The van der Waals surface area contributed by atoms with E-state index >= 15 is 0 Å². The molecule has 0 amide bonds. The fourth-order valence-corrected chi connectivity index (χ4v) is 4.56. The highest BCUT2D eigenvalue weighted by atomic mass is 35.5. The van der Waals surface area contributed by atoms with Crippen LogP contribution in [0, 0.1) is 0 Å². The van der Waals surface area contributed by atoms with Gasteiger partial charge in [0.2, 0.25) is 0 Å². The predicted molar refractivity (Wildman–Crippen MR) is 143 cm³/mol. The number of carboxylic acid groups (broad SMARTS) is 1. The lowest BCUT2D eigenvalue weighted by Crippen LogP contribution is -2.08. The van der Waals surface area contributed by atoms with E-state index in [0.29, 0.717) is 51.9 Å². The number of hydrogen-bond donors (Lipinski definition) is 1. The summed E-state index contributed by atoms with van der Waals surface area (Å²) in [4.78, 5) is 22.4. The van der Waals surface area contributed by atoms with Crippen molar-refractivity contribution in [3.8, 4) is 0 Å². The first-order valence-electron chi connectivity index (χ1n) is 11.2. The maximum absolute atomic E-state index is 11.4. The van der Waals surface area contributed by atoms with Crippen molar-refractivity contribution in [3.63, 3.8) is 0 Å². The minimum Gasteiger partial charge on any atom is -0.476 e. The van der Waals surface area contributed by atoms with Crippen molar-refractivity contribution in [3.05, 3.63) is 90.9 Å². The van der Waals surface area contributed by atoms with E-state index in [1.165, 1.54) is 10.9 Å². The highest BCUT2D eigenvalue weighted by Gasteiger charge is 2.17. The monoisotopic (exact) mass is 598 g/mol. The number of aromatic nitrogens is 6. The van der Waals surface area contributed by atoms with E-state index in [9.17, 15) is 9.59 Å². The van der Waals surface area contributed by atoms with Crippen LogP contribution < -0.4 is 0 Å². The van der Waals surface area contributed by atoms with E-state index in [-0.39, 0.29) is 11.4 Å². The van der Waals surface area contributed by atoms with E-state index in [1.54, 1.807) is 48.0 Å². The van der Waals surface area contributed by atoms with Crippen LogP contribution in [0.5, 0.6) is 0 Å². The standard InChI is InChI=1S/2C12H11Cl2N3O2/c1-2-19-12(18)11-7-17(16-15-11)6-8-3-9(13)5-10(14)4-8;1-2-10-11(12(18)19)15-16-17(10)6-7-3-8(13)5-9(14)4-7/h3-5,7H,2,6H2,1H3;3-5H,2,6H2,1H3,(H,18,19). The molecule has 14 heteroatoms. The molecule has 38 heavy (non-hydrogen) atoms. The molecule has 10 nitrogen and oxygen atoms in total. The maximum Gasteiger partial charge on any atom is 0.360 e. The molecule has 0 saturated heterocycles. The van der Waals surface area contributed by atoms with Crippen LogP contribution >= 0.6 is 46.4 Å². The molecule has 0 atom stereocenters. The highest BCUT2D eigenvalue weighted by Crippen LogP contribution is 2.21. The third kappa shape index (κ3) is 8.16. The average Bonchev–Trinajstić information content (AvgIpc) is 3.45. The zero-order valence-corrected chi connectivity index (χ0v) is 23.3. The SMILES string of the molecule is CCOC(=O)c1cn(Cc2cc(Cl)cc(Cl)c2)nn1.CCc1c(C(=O)O)nnn1Cc1cc(Cl)cc(Cl)c1. The Bertz CT molecular complexity index is 1400. The summed E-state index contributed by atoms with van der Waals surface area (Å²) >= 11 is 23.7. The molecule has 1 N–H and O–H groups in total. The van der Waals surface area contributed by atoms with Gasteiger partial charge in [0.25, 0.3) is 0 Å². The van der Waals surface area contributed by atoms with Gasteiger partial charge in [0.15, 0.2) is 11.4 Å². The maximum atomic E-state index is 11.4. The molecular weight excluding hydrogens is 578 g/mol. The Morgan fingerprint density at radius 1 is 0.842 bits per heavy atom. The number of esters is 1. The predicted octanol–water partition coefficient (Wildman–Crippen LogP) is 5.70. The van der Waals surface area contributed by atoms with Crippen LogP contribution in [0.25, 0.3) is 0 Å². The number of benzene rings is 2. The zero-order chi connectivity index (χ0) is 27.8. The summed E-state index contributed by atoms with van der Waals surface area (Å²) in [6.45, 7) is 4.69. The summed E-state index contributed by atoms with van der Waals surface area (Å²) in [6.07, 6.45) is 2.05. The molecule has 2 aromatic heterocycles. The van der Waals surface area contributed by atoms with Gasteiger partial charge >= 0.3 is 11.9 Å². The molecule has 0 aliphatic rings. The molecule has 0 unspecified atom stereocenters. The Morgan fingerprint density at radius 2 is 1.39 bits per heavy atom. The van der Waals surface area contributed by atoms with Gasteiger partial charge in [-0.15, -0.1) is 10.2 Å². The Balaban J connectivity index is 0.000000211. The third-order valence-corrected chi connectivity index (χ3v) is 5.79. The first kappa shape index (κ1) is 29.4. The number of ether oxygens (including phenoxy) is 1. The molecule has 0 aliphatic carbocycles. The number of rotatable bonds is 8. The number of aromatic carboxylic acids is 1. The van der Waals surface area contributed by atoms with E-state index in [2.05, 4.69) is 20.6 Å². The minimum absolute atomic E-state index is 0.0179. The fourth-order valence-electron chi connectivity index (χ4n) is 3.41. The highest BCUT2D eigenvalue weighted by molar-refractivity contribution is 6.35. The first-order chi connectivity index (χ1) is 18.1. The van der Waals surface area contributed by atoms with E-state index in [0.717, 1.165) is 11.1 Å². The van der Waals surface area contributed by atoms with Crippen molar-refractivity contribution >= 4 is 58.3 Å². The van der Waals surface area contributed by atoms with Gasteiger partial charge in [-0.25, -0.2) is 19.0 Å². The Kier molecular flexibility index (Phi) is 10.5. The van der Waals surface area contributed by atoms with Crippen LogP contribution in [-0.4, -0.2) is 53.6 Å². The number of hydrogen-bond acceptors (Lipinski definition) is 7. The lowest BCUT2D eigenvalue weighted by atomic mass is 10.2.